The SMILES string of the molecule is CC(=O)N1CCN(Cc2cn[nH]c2-c2cc(Cl)c3c(c2)CCC(=O)N3C)CC1. The maximum Gasteiger partial charge on any atom is 0.227 e. The van der Waals surface area contributed by atoms with Crippen LogP contribution in [0.4, 0.5) is 5.69 Å². The van der Waals surface area contributed by atoms with Crippen LogP contribution in [-0.4, -0.2) is 65.0 Å². The number of hydrogen-bond acceptors (Lipinski definition) is 4. The third-order valence-electron chi connectivity index (χ3n) is 5.68. The molecule has 1 fully saturated rings. The number of nitrogens with one attached hydrogen (secondary N) is 1. The van der Waals surface area contributed by atoms with E-state index in [9.17, 15) is 9.59 Å². The summed E-state index contributed by atoms with van der Waals surface area (Å²) in [6.07, 6.45) is 3.05. The fraction of sp³-hybridized carbons (Fsp3) is 0.450. The first-order valence-corrected chi connectivity index (χ1v) is 9.91. The summed E-state index contributed by atoms with van der Waals surface area (Å²) in [6.45, 7) is 5.60. The first-order valence-electron chi connectivity index (χ1n) is 9.53. The van der Waals surface area contributed by atoms with E-state index in [1.807, 2.05) is 17.2 Å². The zero-order valence-electron chi connectivity index (χ0n) is 16.2. The molecule has 3 heterocycles. The predicted octanol–water partition coefficient (Wildman–Crippen LogP) is 2.30. The number of aromatic nitrogens is 2. The van der Waals surface area contributed by atoms with Crippen LogP contribution in [0, 0.1) is 0 Å². The summed E-state index contributed by atoms with van der Waals surface area (Å²) >= 11 is 6.54. The number of aryl methyl sites for hydroxylation is 1. The largest absolute Gasteiger partial charge is 0.340 e. The van der Waals surface area contributed by atoms with Crippen molar-refractivity contribution < 1.29 is 9.59 Å². The smallest absolute Gasteiger partial charge is 0.227 e. The number of halogens is 1. The van der Waals surface area contributed by atoms with Crippen molar-refractivity contribution in [2.75, 3.05) is 38.1 Å². The summed E-state index contributed by atoms with van der Waals surface area (Å²) in [5.41, 5.74) is 4.94. The molecular formula is C20H24ClN5O2. The van der Waals surface area contributed by atoms with Gasteiger partial charge in [0.25, 0.3) is 0 Å². The summed E-state index contributed by atoms with van der Waals surface area (Å²) in [6, 6.07) is 4.01. The highest BCUT2D eigenvalue weighted by atomic mass is 35.5. The van der Waals surface area contributed by atoms with Gasteiger partial charge in [0.15, 0.2) is 0 Å². The average molecular weight is 402 g/mol. The maximum absolute atomic E-state index is 12.0. The molecule has 0 radical (unpaired) electrons. The van der Waals surface area contributed by atoms with E-state index in [0.717, 1.165) is 60.8 Å². The Kier molecular flexibility index (Phi) is 5.12. The van der Waals surface area contributed by atoms with Crippen LogP contribution in [0.1, 0.15) is 24.5 Å². The number of anilines is 1. The molecule has 2 aliphatic heterocycles. The number of carbonyl (C=O) groups is 2. The molecule has 1 aromatic carbocycles. The van der Waals surface area contributed by atoms with Gasteiger partial charge in [-0.1, -0.05) is 11.6 Å². The highest BCUT2D eigenvalue weighted by Gasteiger charge is 2.25. The molecule has 148 valence electrons. The van der Waals surface area contributed by atoms with Gasteiger partial charge in [-0.05, 0) is 24.1 Å². The van der Waals surface area contributed by atoms with Crippen LogP contribution in [0.15, 0.2) is 18.3 Å². The minimum absolute atomic E-state index is 0.0917. The molecule has 28 heavy (non-hydrogen) atoms. The molecule has 1 N–H and O–H groups in total. The third-order valence-corrected chi connectivity index (χ3v) is 5.97. The van der Waals surface area contributed by atoms with Gasteiger partial charge in [-0.15, -0.1) is 0 Å². The lowest BCUT2D eigenvalue weighted by Gasteiger charge is -2.34. The van der Waals surface area contributed by atoms with Gasteiger partial charge in [-0.25, -0.2) is 0 Å². The minimum Gasteiger partial charge on any atom is -0.340 e. The first kappa shape index (κ1) is 19.0. The van der Waals surface area contributed by atoms with Crippen molar-refractivity contribution in [3.05, 3.63) is 34.5 Å². The number of carbonyl (C=O) groups excluding carboxylic acids is 2. The van der Waals surface area contributed by atoms with E-state index in [4.69, 9.17) is 11.6 Å². The summed E-state index contributed by atoms with van der Waals surface area (Å²) in [5.74, 6) is 0.227. The fourth-order valence-corrected chi connectivity index (χ4v) is 4.41. The number of nitrogens with zero attached hydrogens (tertiary/aromatic N) is 4. The number of piperazine rings is 1. The Morgan fingerprint density at radius 2 is 1.96 bits per heavy atom. The van der Waals surface area contributed by atoms with Gasteiger partial charge in [-0.2, -0.15) is 5.10 Å². The highest BCUT2D eigenvalue weighted by molar-refractivity contribution is 6.34. The van der Waals surface area contributed by atoms with Crippen LogP contribution in [0.5, 0.6) is 0 Å². The molecule has 8 heteroatoms. The average Bonchev–Trinajstić information content (AvgIpc) is 3.13. The Hall–Kier alpha value is -2.38. The van der Waals surface area contributed by atoms with E-state index in [-0.39, 0.29) is 11.8 Å². The van der Waals surface area contributed by atoms with Crippen molar-refractivity contribution in [2.45, 2.75) is 26.3 Å². The van der Waals surface area contributed by atoms with Crippen molar-refractivity contribution in [1.82, 2.24) is 20.0 Å². The number of benzene rings is 1. The van der Waals surface area contributed by atoms with E-state index in [1.54, 1.807) is 18.9 Å². The lowest BCUT2D eigenvalue weighted by atomic mass is 9.97. The number of fused-ring (bicyclic) bond motifs is 1. The van der Waals surface area contributed by atoms with Crippen molar-refractivity contribution >= 4 is 29.1 Å². The second-order valence-corrected chi connectivity index (χ2v) is 7.88. The molecule has 0 bridgehead atoms. The number of aromatic amines is 1. The van der Waals surface area contributed by atoms with Gasteiger partial charge in [-0.3, -0.25) is 19.6 Å². The molecule has 0 aliphatic carbocycles. The van der Waals surface area contributed by atoms with Crippen LogP contribution >= 0.6 is 11.6 Å². The molecule has 0 unspecified atom stereocenters. The van der Waals surface area contributed by atoms with E-state index < -0.39 is 0 Å². The van der Waals surface area contributed by atoms with Crippen LogP contribution in [0.25, 0.3) is 11.3 Å². The van der Waals surface area contributed by atoms with Crippen LogP contribution in [0.3, 0.4) is 0 Å². The Bertz CT molecular complexity index is 917. The number of H-pyrrole nitrogens is 1. The lowest BCUT2D eigenvalue weighted by Crippen LogP contribution is -2.47. The highest BCUT2D eigenvalue weighted by Crippen LogP contribution is 2.38. The maximum atomic E-state index is 12.0. The molecule has 2 amide bonds. The topological polar surface area (TPSA) is 72.5 Å². The summed E-state index contributed by atoms with van der Waals surface area (Å²) in [5, 5.41) is 7.95. The van der Waals surface area contributed by atoms with E-state index >= 15 is 0 Å². The quantitative estimate of drug-likeness (QED) is 0.856. The predicted molar refractivity (Wildman–Crippen MR) is 108 cm³/mol. The standard InChI is InChI=1S/C20H24ClN5O2/c1-13(27)26-7-5-25(6-8-26)12-16-11-22-23-19(16)15-9-14-3-4-18(28)24(2)20(14)17(21)10-15/h9-11H,3-8,12H2,1-2H3,(H,22,23). The summed E-state index contributed by atoms with van der Waals surface area (Å²) in [4.78, 5) is 29.4. The van der Waals surface area contributed by atoms with E-state index in [0.29, 0.717) is 17.9 Å². The zero-order valence-corrected chi connectivity index (χ0v) is 16.9. The van der Waals surface area contributed by atoms with E-state index in [1.165, 1.54) is 0 Å². The summed E-state index contributed by atoms with van der Waals surface area (Å²) < 4.78 is 0. The molecule has 2 aromatic rings. The van der Waals surface area contributed by atoms with Crippen LogP contribution < -0.4 is 4.90 Å². The minimum atomic E-state index is 0.0917. The third kappa shape index (κ3) is 3.52. The van der Waals surface area contributed by atoms with Gasteiger partial charge in [0.1, 0.15) is 0 Å². The first-order chi connectivity index (χ1) is 13.4. The van der Waals surface area contributed by atoms with Crippen LogP contribution in [0.2, 0.25) is 5.02 Å². The second kappa shape index (κ2) is 7.56. The monoisotopic (exact) mass is 401 g/mol. The van der Waals surface area contributed by atoms with Crippen LogP contribution in [-0.2, 0) is 22.6 Å². The number of amides is 2. The fourth-order valence-electron chi connectivity index (χ4n) is 4.04. The number of hydrogen-bond donors (Lipinski definition) is 1. The molecule has 1 aromatic heterocycles. The van der Waals surface area contributed by atoms with Gasteiger partial charge in [0.2, 0.25) is 11.8 Å². The Morgan fingerprint density at radius 1 is 1.21 bits per heavy atom. The Morgan fingerprint density at radius 3 is 2.68 bits per heavy atom. The van der Waals surface area contributed by atoms with Gasteiger partial charge < -0.3 is 9.80 Å². The normalized spacial score (nSPS) is 17.8. The second-order valence-electron chi connectivity index (χ2n) is 7.47. The molecule has 0 atom stereocenters. The van der Waals surface area contributed by atoms with Crippen molar-refractivity contribution in [3.8, 4) is 11.3 Å². The van der Waals surface area contributed by atoms with Crippen molar-refractivity contribution in [3.63, 3.8) is 0 Å². The lowest BCUT2D eigenvalue weighted by molar-refractivity contribution is -0.130. The Balaban J connectivity index is 1.56. The molecular weight excluding hydrogens is 378 g/mol. The molecule has 2 aliphatic rings. The molecule has 7 nitrogen and oxygen atoms in total. The van der Waals surface area contributed by atoms with Crippen molar-refractivity contribution in [2.24, 2.45) is 0 Å². The van der Waals surface area contributed by atoms with Crippen molar-refractivity contribution in [1.29, 1.82) is 0 Å². The van der Waals surface area contributed by atoms with Gasteiger partial charge in [0.05, 0.1) is 22.6 Å². The molecule has 0 saturated carbocycles. The summed E-state index contributed by atoms with van der Waals surface area (Å²) in [7, 11) is 1.77. The molecule has 4 rings (SSSR count). The molecule has 0 spiro atoms. The van der Waals surface area contributed by atoms with Gasteiger partial charge in [0, 0.05) is 64.2 Å². The Labute approximate surface area is 169 Å². The van der Waals surface area contributed by atoms with E-state index in [2.05, 4.69) is 21.2 Å². The molecule has 1 saturated heterocycles. The van der Waals surface area contributed by atoms with Gasteiger partial charge >= 0.3 is 0 Å². The number of rotatable bonds is 3. The zero-order chi connectivity index (χ0) is 19.8.